The summed E-state index contributed by atoms with van der Waals surface area (Å²) in [4.78, 5) is 15.1. The van der Waals surface area contributed by atoms with E-state index >= 15 is 0 Å². The minimum Gasteiger partial charge on any atom is -0.356 e. The van der Waals surface area contributed by atoms with Crippen molar-refractivity contribution in [1.29, 1.82) is 0 Å². The van der Waals surface area contributed by atoms with E-state index in [-0.39, 0.29) is 6.04 Å². The van der Waals surface area contributed by atoms with Crippen molar-refractivity contribution in [2.45, 2.75) is 30.0 Å². The third kappa shape index (κ3) is 4.54. The monoisotopic (exact) mass is 473 g/mol. The molecule has 3 aromatic rings. The van der Waals surface area contributed by atoms with Crippen LogP contribution in [0.2, 0.25) is 0 Å². The van der Waals surface area contributed by atoms with Gasteiger partial charge in [-0.25, -0.2) is 18.1 Å². The van der Waals surface area contributed by atoms with Crippen LogP contribution in [0.15, 0.2) is 44.8 Å². The first-order chi connectivity index (χ1) is 15.3. The number of thiophene rings is 1. The molecule has 0 saturated carbocycles. The summed E-state index contributed by atoms with van der Waals surface area (Å²) in [6.45, 7) is 6.98. The highest BCUT2D eigenvalue weighted by Gasteiger charge is 2.28. The minimum absolute atomic E-state index is 0.106. The molecule has 0 unspecified atom stereocenters. The number of aromatic nitrogens is 3. The highest BCUT2D eigenvalue weighted by Crippen LogP contribution is 2.29. The van der Waals surface area contributed by atoms with E-state index in [1.54, 1.807) is 24.0 Å². The third-order valence-electron chi connectivity index (χ3n) is 5.52. The first-order valence-electron chi connectivity index (χ1n) is 10.3. The Kier molecular flexibility index (Phi) is 6.31. The number of sulfonamides is 1. The molecular weight excluding hydrogens is 446 g/mol. The molecule has 0 aliphatic carbocycles. The molecule has 1 fully saturated rings. The Balaban J connectivity index is 1.47. The molecule has 0 atom stereocenters. The van der Waals surface area contributed by atoms with Crippen molar-refractivity contribution in [2.75, 3.05) is 20.1 Å². The van der Waals surface area contributed by atoms with Crippen LogP contribution < -0.4 is 4.72 Å². The van der Waals surface area contributed by atoms with Crippen molar-refractivity contribution < 1.29 is 8.42 Å². The number of amidine groups is 1. The second-order valence-corrected chi connectivity index (χ2v) is 11.0. The van der Waals surface area contributed by atoms with E-state index in [0.29, 0.717) is 36.0 Å². The van der Waals surface area contributed by atoms with Crippen LogP contribution in [0.1, 0.15) is 23.3 Å². The lowest BCUT2D eigenvalue weighted by molar-refractivity contribution is 0.302. The van der Waals surface area contributed by atoms with Gasteiger partial charge in [-0.05, 0) is 44.7 Å². The molecular formula is C21H27N7O2S2. The molecule has 0 spiro atoms. The molecule has 0 radical (unpaired) electrons. The number of piperidine rings is 1. The second-order valence-electron chi connectivity index (χ2n) is 7.80. The predicted octanol–water partition coefficient (Wildman–Crippen LogP) is 2.94. The molecule has 3 aromatic heterocycles. The van der Waals surface area contributed by atoms with Gasteiger partial charge in [0.1, 0.15) is 15.9 Å². The summed E-state index contributed by atoms with van der Waals surface area (Å²) in [5.41, 5.74) is 2.72. The highest BCUT2D eigenvalue weighted by atomic mass is 32.2. The molecule has 4 rings (SSSR count). The maximum Gasteiger partial charge on any atom is 0.250 e. The number of nitrogens with zero attached hydrogens (tertiary/aromatic N) is 5. The fourth-order valence-corrected chi connectivity index (χ4v) is 6.53. The quantitative estimate of drug-likeness (QED) is 0.424. The zero-order valence-corrected chi connectivity index (χ0v) is 20.0. The lowest BCUT2D eigenvalue weighted by Crippen LogP contribution is -2.46. The summed E-state index contributed by atoms with van der Waals surface area (Å²) in [7, 11) is 0.142. The SMILES string of the molecule is C=Nc1[nH]c(-c2cnn(C)c2)cc1C(=NC)N1CCC(NS(=O)(=O)c2ccc(C)s2)CC1. The van der Waals surface area contributed by atoms with Gasteiger partial charge >= 0.3 is 0 Å². The molecule has 0 bridgehead atoms. The third-order valence-corrected chi connectivity index (χ3v) is 8.53. The summed E-state index contributed by atoms with van der Waals surface area (Å²) in [6.07, 6.45) is 5.11. The number of hydrogen-bond donors (Lipinski definition) is 2. The minimum atomic E-state index is -3.49. The van der Waals surface area contributed by atoms with Crippen molar-refractivity contribution in [3.63, 3.8) is 0 Å². The average molecular weight is 474 g/mol. The van der Waals surface area contributed by atoms with E-state index in [1.807, 2.05) is 32.3 Å². The number of rotatable bonds is 6. The van der Waals surface area contributed by atoms with E-state index in [4.69, 9.17) is 0 Å². The molecule has 4 heterocycles. The van der Waals surface area contributed by atoms with Crippen LogP contribution in [0.5, 0.6) is 0 Å². The van der Waals surface area contributed by atoms with Gasteiger partial charge in [-0.2, -0.15) is 5.10 Å². The van der Waals surface area contributed by atoms with Crippen LogP contribution >= 0.6 is 11.3 Å². The number of aromatic amines is 1. The number of H-pyrrole nitrogens is 1. The van der Waals surface area contributed by atoms with Gasteiger partial charge in [0.15, 0.2) is 0 Å². The molecule has 32 heavy (non-hydrogen) atoms. The highest BCUT2D eigenvalue weighted by molar-refractivity contribution is 7.91. The Labute approximate surface area is 192 Å². The fraction of sp³-hybridized carbons (Fsp3) is 0.381. The van der Waals surface area contributed by atoms with Gasteiger partial charge in [0.05, 0.1) is 17.5 Å². The Morgan fingerprint density at radius 1 is 1.34 bits per heavy atom. The number of nitrogens with one attached hydrogen (secondary N) is 2. The van der Waals surface area contributed by atoms with E-state index in [9.17, 15) is 8.42 Å². The Hall–Kier alpha value is -2.76. The lowest BCUT2D eigenvalue weighted by Gasteiger charge is -2.34. The van der Waals surface area contributed by atoms with Crippen molar-refractivity contribution >= 4 is 39.7 Å². The van der Waals surface area contributed by atoms with Gasteiger partial charge in [0.2, 0.25) is 10.0 Å². The average Bonchev–Trinajstić information content (AvgIpc) is 3.49. The molecule has 1 aliphatic heterocycles. The molecule has 11 heteroatoms. The zero-order valence-electron chi connectivity index (χ0n) is 18.4. The topological polar surface area (TPSA) is 108 Å². The maximum atomic E-state index is 12.7. The molecule has 170 valence electrons. The smallest absolute Gasteiger partial charge is 0.250 e. The first kappa shape index (κ1) is 22.4. The molecule has 0 aromatic carbocycles. The maximum absolute atomic E-state index is 12.7. The van der Waals surface area contributed by atoms with Crippen LogP contribution in [0.4, 0.5) is 5.82 Å². The van der Waals surface area contributed by atoms with Crippen LogP contribution in [0.3, 0.4) is 0 Å². The molecule has 2 N–H and O–H groups in total. The standard InChI is InChI=1S/C21H27N7O2S2/c1-14-5-6-19(31-14)32(29,30)26-16-7-9-28(10-8-16)21(23-3)17-11-18(25-20(17)22-2)15-12-24-27(4)13-15/h5-6,11-13,16,25-26H,2,7-10H2,1,3-4H3. The van der Waals surface area contributed by atoms with Gasteiger partial charge < -0.3 is 9.88 Å². The van der Waals surface area contributed by atoms with Crippen molar-refractivity contribution in [3.8, 4) is 11.3 Å². The van der Waals surface area contributed by atoms with Crippen LogP contribution in [0, 0.1) is 6.92 Å². The molecule has 0 amide bonds. The predicted molar refractivity (Wildman–Crippen MR) is 129 cm³/mol. The summed E-state index contributed by atoms with van der Waals surface area (Å²) in [6, 6.07) is 5.39. The Morgan fingerprint density at radius 3 is 2.66 bits per heavy atom. The van der Waals surface area contributed by atoms with Gasteiger partial charge in [-0.15, -0.1) is 11.3 Å². The van der Waals surface area contributed by atoms with Crippen molar-refractivity contribution in [2.24, 2.45) is 17.0 Å². The zero-order chi connectivity index (χ0) is 22.9. The van der Waals surface area contributed by atoms with Gasteiger partial charge in [0, 0.05) is 49.9 Å². The summed E-state index contributed by atoms with van der Waals surface area (Å²) >= 11 is 1.29. The summed E-state index contributed by atoms with van der Waals surface area (Å²) < 4.78 is 30.3. The van der Waals surface area contributed by atoms with E-state index in [2.05, 4.69) is 36.4 Å². The number of aliphatic imine (C=N–C) groups is 2. The van der Waals surface area contributed by atoms with Crippen molar-refractivity contribution in [1.82, 2.24) is 24.4 Å². The largest absolute Gasteiger partial charge is 0.356 e. The van der Waals surface area contributed by atoms with E-state index in [1.165, 1.54) is 11.3 Å². The van der Waals surface area contributed by atoms with Crippen LogP contribution in [0.25, 0.3) is 11.3 Å². The first-order valence-corrected chi connectivity index (χ1v) is 12.6. The normalized spacial score (nSPS) is 16.0. The fourth-order valence-electron chi connectivity index (χ4n) is 3.93. The summed E-state index contributed by atoms with van der Waals surface area (Å²) in [5, 5.41) is 4.23. The van der Waals surface area contributed by atoms with Gasteiger partial charge in [0.25, 0.3) is 0 Å². The van der Waals surface area contributed by atoms with Crippen LogP contribution in [-0.4, -0.2) is 66.8 Å². The molecule has 9 nitrogen and oxygen atoms in total. The lowest BCUT2D eigenvalue weighted by atomic mass is 10.0. The van der Waals surface area contributed by atoms with E-state index < -0.39 is 10.0 Å². The molecule has 1 saturated heterocycles. The second kappa shape index (κ2) is 9.00. The van der Waals surface area contributed by atoms with Crippen molar-refractivity contribution in [3.05, 3.63) is 41.0 Å². The van der Waals surface area contributed by atoms with Gasteiger partial charge in [-0.1, -0.05) is 0 Å². The molecule has 1 aliphatic rings. The number of hydrogen-bond acceptors (Lipinski definition) is 6. The Morgan fingerprint density at radius 2 is 2.09 bits per heavy atom. The van der Waals surface area contributed by atoms with Crippen LogP contribution in [-0.2, 0) is 17.1 Å². The number of likely N-dealkylation sites (tertiary alicyclic amines) is 1. The Bertz CT molecular complexity index is 1240. The number of aryl methyl sites for hydroxylation is 2. The van der Waals surface area contributed by atoms with Gasteiger partial charge in [-0.3, -0.25) is 9.67 Å². The summed E-state index contributed by atoms with van der Waals surface area (Å²) in [5.74, 6) is 1.47. The van der Waals surface area contributed by atoms with E-state index in [0.717, 1.165) is 27.5 Å².